The van der Waals surface area contributed by atoms with Crippen molar-refractivity contribution >= 4 is 23.3 Å². The van der Waals surface area contributed by atoms with E-state index in [4.69, 9.17) is 21.4 Å². The van der Waals surface area contributed by atoms with Gasteiger partial charge in [0.05, 0.1) is 7.11 Å². The Kier molecular flexibility index (Phi) is 4.42. The van der Waals surface area contributed by atoms with Crippen molar-refractivity contribution < 1.29 is 14.6 Å². The molecule has 0 saturated heterocycles. The Hall–Kier alpha value is -2.27. The van der Waals surface area contributed by atoms with E-state index in [0.29, 0.717) is 23.0 Å². The molecule has 1 aromatic heterocycles. The predicted molar refractivity (Wildman–Crippen MR) is 76.5 cm³/mol. The number of nitrogens with one attached hydrogen (secondary N) is 1. The number of halogens is 1. The summed E-state index contributed by atoms with van der Waals surface area (Å²) < 4.78 is 5.25. The fraction of sp³-hybridized carbons (Fsp3) is 0.143. The highest BCUT2D eigenvalue weighted by Crippen LogP contribution is 2.27. The molecule has 0 saturated carbocycles. The zero-order valence-electron chi connectivity index (χ0n) is 10.8. The van der Waals surface area contributed by atoms with E-state index in [2.05, 4.69) is 10.3 Å². The highest BCUT2D eigenvalue weighted by atomic mass is 35.5. The number of carboxylic acids is 1. The van der Waals surface area contributed by atoms with E-state index in [1.165, 1.54) is 12.3 Å². The van der Waals surface area contributed by atoms with E-state index in [9.17, 15) is 4.79 Å². The second-order valence-corrected chi connectivity index (χ2v) is 4.42. The van der Waals surface area contributed by atoms with Crippen molar-refractivity contribution in [2.24, 2.45) is 0 Å². The molecule has 0 amide bonds. The first-order valence-corrected chi connectivity index (χ1v) is 6.24. The molecular formula is C14H13ClN2O3. The van der Waals surface area contributed by atoms with Crippen molar-refractivity contribution in [3.8, 4) is 5.75 Å². The van der Waals surface area contributed by atoms with Crippen LogP contribution < -0.4 is 10.1 Å². The molecule has 20 heavy (non-hydrogen) atoms. The van der Waals surface area contributed by atoms with E-state index in [1.54, 1.807) is 25.3 Å². The van der Waals surface area contributed by atoms with Crippen LogP contribution in [0.4, 0.5) is 5.69 Å². The summed E-state index contributed by atoms with van der Waals surface area (Å²) in [5.74, 6) is -0.388. The summed E-state index contributed by atoms with van der Waals surface area (Å²) >= 11 is 6.13. The van der Waals surface area contributed by atoms with Gasteiger partial charge in [-0.1, -0.05) is 17.7 Å². The third kappa shape index (κ3) is 3.19. The Morgan fingerprint density at radius 3 is 2.95 bits per heavy atom. The number of hydrogen-bond acceptors (Lipinski definition) is 4. The van der Waals surface area contributed by atoms with Gasteiger partial charge in [-0.05, 0) is 24.3 Å². The topological polar surface area (TPSA) is 71.5 Å². The molecule has 104 valence electrons. The quantitative estimate of drug-likeness (QED) is 0.886. The molecule has 0 fully saturated rings. The van der Waals surface area contributed by atoms with Crippen LogP contribution >= 0.6 is 11.6 Å². The lowest BCUT2D eigenvalue weighted by Crippen LogP contribution is -2.05. The number of nitrogens with zero attached hydrogens (tertiary/aromatic N) is 1. The first-order valence-electron chi connectivity index (χ1n) is 5.86. The Morgan fingerprint density at radius 1 is 1.45 bits per heavy atom. The molecule has 6 heteroatoms. The van der Waals surface area contributed by atoms with E-state index in [-0.39, 0.29) is 5.69 Å². The van der Waals surface area contributed by atoms with E-state index in [1.807, 2.05) is 6.07 Å². The molecule has 2 rings (SSSR count). The summed E-state index contributed by atoms with van der Waals surface area (Å²) in [6.07, 6.45) is 1.44. The van der Waals surface area contributed by atoms with Gasteiger partial charge in [-0.25, -0.2) is 9.78 Å². The number of carbonyl (C=O) groups is 1. The monoisotopic (exact) mass is 292 g/mol. The SMILES string of the molecule is COc1cccc(Cl)c1CNc1ccnc(C(=O)O)c1. The van der Waals surface area contributed by atoms with Crippen LogP contribution in [0.1, 0.15) is 16.1 Å². The minimum absolute atomic E-state index is 0.0128. The molecule has 5 nitrogen and oxygen atoms in total. The first-order chi connectivity index (χ1) is 9.61. The molecule has 0 aliphatic heterocycles. The number of methoxy groups -OCH3 is 1. The van der Waals surface area contributed by atoms with Gasteiger partial charge in [-0.2, -0.15) is 0 Å². The number of hydrogen-bond donors (Lipinski definition) is 2. The maximum absolute atomic E-state index is 10.9. The standard InChI is InChI=1S/C14H13ClN2O3/c1-20-13-4-2-3-11(15)10(13)8-17-9-5-6-16-12(7-9)14(18)19/h2-7H,8H2,1H3,(H,16,17)(H,18,19). The van der Waals surface area contributed by atoms with Crippen LogP contribution in [0.25, 0.3) is 0 Å². The summed E-state index contributed by atoms with van der Waals surface area (Å²) in [7, 11) is 1.57. The van der Waals surface area contributed by atoms with Crippen molar-refractivity contribution in [1.82, 2.24) is 4.98 Å². The van der Waals surface area contributed by atoms with Crippen molar-refractivity contribution in [3.63, 3.8) is 0 Å². The molecule has 0 atom stereocenters. The Balaban J connectivity index is 2.17. The second kappa shape index (κ2) is 6.25. The third-order valence-corrected chi connectivity index (χ3v) is 3.10. The largest absolute Gasteiger partial charge is 0.496 e. The van der Waals surface area contributed by atoms with E-state index >= 15 is 0 Å². The van der Waals surface area contributed by atoms with Gasteiger partial charge in [-0.15, -0.1) is 0 Å². The number of rotatable bonds is 5. The van der Waals surface area contributed by atoms with Crippen LogP contribution in [0, 0.1) is 0 Å². The van der Waals surface area contributed by atoms with Gasteiger partial charge in [0.25, 0.3) is 0 Å². The Labute approximate surface area is 121 Å². The summed E-state index contributed by atoms with van der Waals surface area (Å²) in [6.45, 7) is 0.423. The highest BCUT2D eigenvalue weighted by Gasteiger charge is 2.09. The molecule has 0 bridgehead atoms. The highest BCUT2D eigenvalue weighted by molar-refractivity contribution is 6.31. The van der Waals surface area contributed by atoms with Gasteiger partial charge in [0.15, 0.2) is 0 Å². The fourth-order valence-electron chi connectivity index (χ4n) is 1.75. The minimum Gasteiger partial charge on any atom is -0.496 e. The average molecular weight is 293 g/mol. The van der Waals surface area contributed by atoms with Gasteiger partial charge in [0, 0.05) is 29.0 Å². The molecule has 0 radical (unpaired) electrons. The lowest BCUT2D eigenvalue weighted by Gasteiger charge is -2.12. The van der Waals surface area contributed by atoms with Gasteiger partial charge in [-0.3, -0.25) is 0 Å². The minimum atomic E-state index is -1.07. The summed E-state index contributed by atoms with van der Waals surface area (Å²) in [6, 6.07) is 8.55. The normalized spacial score (nSPS) is 10.1. The third-order valence-electron chi connectivity index (χ3n) is 2.74. The lowest BCUT2D eigenvalue weighted by atomic mass is 10.2. The molecule has 0 aliphatic rings. The second-order valence-electron chi connectivity index (χ2n) is 4.01. The Morgan fingerprint density at radius 2 is 2.25 bits per heavy atom. The molecule has 2 N–H and O–H groups in total. The number of aromatic nitrogens is 1. The van der Waals surface area contributed by atoms with Gasteiger partial charge >= 0.3 is 5.97 Å². The van der Waals surface area contributed by atoms with Crippen molar-refractivity contribution in [2.45, 2.75) is 6.54 Å². The molecular weight excluding hydrogens is 280 g/mol. The molecule has 0 unspecified atom stereocenters. The number of ether oxygens (including phenoxy) is 1. The van der Waals surface area contributed by atoms with Gasteiger partial charge in [0.1, 0.15) is 11.4 Å². The molecule has 2 aromatic rings. The summed E-state index contributed by atoms with van der Waals surface area (Å²) in [5, 5.41) is 12.6. The number of aromatic carboxylic acids is 1. The van der Waals surface area contributed by atoms with Crippen molar-refractivity contribution in [3.05, 3.63) is 52.8 Å². The van der Waals surface area contributed by atoms with Crippen molar-refractivity contribution in [1.29, 1.82) is 0 Å². The number of anilines is 1. The van der Waals surface area contributed by atoms with E-state index in [0.717, 1.165) is 5.56 Å². The summed E-state index contributed by atoms with van der Waals surface area (Å²) in [5.41, 5.74) is 1.45. The first kappa shape index (κ1) is 14.1. The predicted octanol–water partition coefficient (Wildman–Crippen LogP) is 3.05. The maximum atomic E-state index is 10.9. The van der Waals surface area contributed by atoms with Crippen LogP contribution in [-0.4, -0.2) is 23.2 Å². The van der Waals surface area contributed by atoms with Gasteiger partial charge < -0.3 is 15.2 Å². The maximum Gasteiger partial charge on any atom is 0.354 e. The van der Waals surface area contributed by atoms with Crippen molar-refractivity contribution in [2.75, 3.05) is 12.4 Å². The van der Waals surface area contributed by atoms with Crippen LogP contribution in [-0.2, 0) is 6.54 Å². The number of carboxylic acid groups (broad SMARTS) is 1. The molecule has 0 aliphatic carbocycles. The van der Waals surface area contributed by atoms with Crippen LogP contribution in [0.2, 0.25) is 5.02 Å². The molecule has 0 spiro atoms. The smallest absolute Gasteiger partial charge is 0.354 e. The fourth-order valence-corrected chi connectivity index (χ4v) is 1.98. The van der Waals surface area contributed by atoms with Crippen LogP contribution in [0.15, 0.2) is 36.5 Å². The molecule has 1 aromatic carbocycles. The summed E-state index contributed by atoms with van der Waals surface area (Å²) in [4.78, 5) is 14.6. The zero-order chi connectivity index (χ0) is 14.5. The average Bonchev–Trinajstić information content (AvgIpc) is 2.46. The van der Waals surface area contributed by atoms with Crippen LogP contribution in [0.3, 0.4) is 0 Å². The number of benzene rings is 1. The van der Waals surface area contributed by atoms with Crippen LogP contribution in [0.5, 0.6) is 5.75 Å². The van der Waals surface area contributed by atoms with Gasteiger partial charge in [0.2, 0.25) is 0 Å². The zero-order valence-corrected chi connectivity index (χ0v) is 11.5. The number of pyridine rings is 1. The molecule has 1 heterocycles. The Bertz CT molecular complexity index is 632. The lowest BCUT2D eigenvalue weighted by molar-refractivity contribution is 0.0690. The van der Waals surface area contributed by atoms with E-state index < -0.39 is 5.97 Å².